The van der Waals surface area contributed by atoms with E-state index in [9.17, 15) is 4.79 Å². The van der Waals surface area contributed by atoms with Crippen molar-refractivity contribution in [3.63, 3.8) is 0 Å². The van der Waals surface area contributed by atoms with E-state index >= 15 is 0 Å². The zero-order valence-corrected chi connectivity index (χ0v) is 6.18. The van der Waals surface area contributed by atoms with E-state index in [1.165, 1.54) is 0 Å². The Bertz CT molecular complexity index is 90.9. The van der Waals surface area contributed by atoms with Gasteiger partial charge in [0.05, 0.1) is 0 Å². The molecule has 0 spiro atoms. The van der Waals surface area contributed by atoms with E-state index in [0.717, 1.165) is 6.42 Å². The summed E-state index contributed by atoms with van der Waals surface area (Å²) in [6.07, 6.45) is 1.62. The van der Waals surface area contributed by atoms with Gasteiger partial charge in [0.25, 0.3) is 0 Å². The van der Waals surface area contributed by atoms with E-state index in [1.54, 1.807) is 6.92 Å². The van der Waals surface area contributed by atoms with Gasteiger partial charge in [-0.15, -0.1) is 0 Å². The standard InChI is InChI=1S/C7H15NO/c1-6(5-8)3-4-7(2)9/h6H,3-5,8H2,1-2H3/t6-/m0/s1. The van der Waals surface area contributed by atoms with Gasteiger partial charge in [-0.1, -0.05) is 6.92 Å². The molecule has 0 unspecified atom stereocenters. The second kappa shape index (κ2) is 4.50. The molecular weight excluding hydrogens is 114 g/mol. The smallest absolute Gasteiger partial charge is 0.129 e. The van der Waals surface area contributed by atoms with Crippen LogP contribution < -0.4 is 5.73 Å². The Kier molecular flexibility index (Phi) is 4.32. The molecule has 0 bridgehead atoms. The number of rotatable bonds is 4. The van der Waals surface area contributed by atoms with Crippen LogP contribution in [0.1, 0.15) is 26.7 Å². The van der Waals surface area contributed by atoms with Crippen molar-refractivity contribution in [2.75, 3.05) is 6.54 Å². The summed E-state index contributed by atoms with van der Waals surface area (Å²) in [5.74, 6) is 0.754. The second-order valence-electron chi connectivity index (χ2n) is 2.58. The fourth-order valence-corrected chi connectivity index (χ4v) is 0.568. The molecule has 0 aromatic heterocycles. The molecule has 0 aliphatic heterocycles. The summed E-state index contributed by atoms with van der Waals surface area (Å²) in [7, 11) is 0. The van der Waals surface area contributed by atoms with Crippen molar-refractivity contribution in [1.82, 2.24) is 0 Å². The number of ketones is 1. The third-order valence-electron chi connectivity index (χ3n) is 1.39. The summed E-state index contributed by atoms with van der Waals surface area (Å²) in [6.45, 7) is 4.36. The Morgan fingerprint density at radius 2 is 2.22 bits per heavy atom. The lowest BCUT2D eigenvalue weighted by atomic mass is 10.0. The van der Waals surface area contributed by atoms with Crippen LogP contribution in [0.3, 0.4) is 0 Å². The average Bonchev–Trinajstić information content (AvgIpc) is 1.83. The first kappa shape index (κ1) is 8.63. The molecule has 0 aromatic rings. The summed E-state index contributed by atoms with van der Waals surface area (Å²) in [4.78, 5) is 10.4. The summed E-state index contributed by atoms with van der Waals surface area (Å²) in [5.41, 5.74) is 5.35. The van der Waals surface area contributed by atoms with E-state index < -0.39 is 0 Å². The van der Waals surface area contributed by atoms with Crippen molar-refractivity contribution in [3.05, 3.63) is 0 Å². The van der Waals surface area contributed by atoms with E-state index in [0.29, 0.717) is 18.9 Å². The van der Waals surface area contributed by atoms with Crippen LogP contribution in [0.5, 0.6) is 0 Å². The lowest BCUT2D eigenvalue weighted by Gasteiger charge is -2.04. The van der Waals surface area contributed by atoms with Crippen LogP contribution in [0.25, 0.3) is 0 Å². The van der Waals surface area contributed by atoms with E-state index in [-0.39, 0.29) is 5.78 Å². The molecule has 1 atom stereocenters. The summed E-state index contributed by atoms with van der Waals surface area (Å²) < 4.78 is 0. The van der Waals surface area contributed by atoms with Crippen LogP contribution in [0.15, 0.2) is 0 Å². The maximum atomic E-state index is 10.4. The normalized spacial score (nSPS) is 13.2. The van der Waals surface area contributed by atoms with Gasteiger partial charge in [0.2, 0.25) is 0 Å². The molecule has 0 amide bonds. The minimum Gasteiger partial charge on any atom is -0.330 e. The van der Waals surface area contributed by atoms with Gasteiger partial charge in [-0.2, -0.15) is 0 Å². The average molecular weight is 129 g/mol. The topological polar surface area (TPSA) is 43.1 Å². The Morgan fingerprint density at radius 3 is 2.56 bits per heavy atom. The number of hydrogen-bond donors (Lipinski definition) is 1. The number of carbonyl (C=O) groups excluding carboxylic acids is 1. The second-order valence-corrected chi connectivity index (χ2v) is 2.58. The van der Waals surface area contributed by atoms with Crippen molar-refractivity contribution >= 4 is 5.78 Å². The van der Waals surface area contributed by atoms with Gasteiger partial charge in [-0.25, -0.2) is 0 Å². The Morgan fingerprint density at radius 1 is 1.67 bits per heavy atom. The molecule has 0 aromatic carbocycles. The monoisotopic (exact) mass is 129 g/mol. The maximum Gasteiger partial charge on any atom is 0.129 e. The van der Waals surface area contributed by atoms with E-state index in [4.69, 9.17) is 5.73 Å². The highest BCUT2D eigenvalue weighted by atomic mass is 16.1. The lowest BCUT2D eigenvalue weighted by molar-refractivity contribution is -0.117. The first-order chi connectivity index (χ1) is 4.16. The highest BCUT2D eigenvalue weighted by Crippen LogP contribution is 2.02. The molecule has 9 heavy (non-hydrogen) atoms. The SMILES string of the molecule is CC(=O)CC[C@H](C)CN. The third-order valence-corrected chi connectivity index (χ3v) is 1.39. The molecule has 0 saturated carbocycles. The van der Waals surface area contributed by atoms with Gasteiger partial charge < -0.3 is 10.5 Å². The van der Waals surface area contributed by atoms with E-state index in [2.05, 4.69) is 6.92 Å². The van der Waals surface area contributed by atoms with Crippen molar-refractivity contribution in [3.8, 4) is 0 Å². The highest BCUT2D eigenvalue weighted by molar-refractivity contribution is 5.75. The Balaban J connectivity index is 3.16. The summed E-state index contributed by atoms with van der Waals surface area (Å²) in [5, 5.41) is 0. The zero-order chi connectivity index (χ0) is 7.28. The predicted octanol–water partition coefficient (Wildman–Crippen LogP) is 0.950. The van der Waals surface area contributed by atoms with Crippen molar-refractivity contribution in [2.45, 2.75) is 26.7 Å². The van der Waals surface area contributed by atoms with E-state index in [1.807, 2.05) is 0 Å². The molecule has 0 heterocycles. The summed E-state index contributed by atoms with van der Waals surface area (Å²) in [6, 6.07) is 0. The fourth-order valence-electron chi connectivity index (χ4n) is 0.568. The highest BCUT2D eigenvalue weighted by Gasteiger charge is 1.99. The molecule has 2 heteroatoms. The maximum absolute atomic E-state index is 10.4. The molecule has 0 saturated heterocycles. The molecule has 0 aliphatic carbocycles. The summed E-state index contributed by atoms with van der Waals surface area (Å²) >= 11 is 0. The van der Waals surface area contributed by atoms with Gasteiger partial charge in [0.1, 0.15) is 5.78 Å². The molecule has 0 rings (SSSR count). The molecule has 54 valence electrons. The number of Topliss-reactive ketones (excluding diaryl/α,β-unsaturated/α-hetero) is 1. The number of carbonyl (C=O) groups is 1. The Hall–Kier alpha value is -0.370. The molecule has 2 N–H and O–H groups in total. The molecule has 2 nitrogen and oxygen atoms in total. The lowest BCUT2D eigenvalue weighted by Crippen LogP contribution is -2.11. The van der Waals surface area contributed by atoms with Crippen LogP contribution in [-0.4, -0.2) is 12.3 Å². The van der Waals surface area contributed by atoms with Gasteiger partial charge in [0.15, 0.2) is 0 Å². The fraction of sp³-hybridized carbons (Fsp3) is 0.857. The van der Waals surface area contributed by atoms with Gasteiger partial charge >= 0.3 is 0 Å². The van der Waals surface area contributed by atoms with Gasteiger partial charge in [-0.3, -0.25) is 0 Å². The Labute approximate surface area is 56.4 Å². The predicted molar refractivity (Wildman–Crippen MR) is 38.1 cm³/mol. The van der Waals surface area contributed by atoms with Gasteiger partial charge in [-0.05, 0) is 25.8 Å². The van der Waals surface area contributed by atoms with Crippen molar-refractivity contribution < 1.29 is 4.79 Å². The van der Waals surface area contributed by atoms with Crippen LogP contribution in [0.4, 0.5) is 0 Å². The quantitative estimate of drug-likeness (QED) is 0.614. The largest absolute Gasteiger partial charge is 0.330 e. The first-order valence-corrected chi connectivity index (χ1v) is 3.36. The molecule has 0 radical (unpaired) electrons. The number of nitrogens with two attached hydrogens (primary N) is 1. The van der Waals surface area contributed by atoms with Gasteiger partial charge in [0, 0.05) is 6.42 Å². The van der Waals surface area contributed by atoms with Crippen molar-refractivity contribution in [1.29, 1.82) is 0 Å². The van der Waals surface area contributed by atoms with Crippen molar-refractivity contribution in [2.24, 2.45) is 11.7 Å². The number of hydrogen-bond acceptors (Lipinski definition) is 2. The minimum absolute atomic E-state index is 0.260. The van der Waals surface area contributed by atoms with Crippen LogP contribution >= 0.6 is 0 Å². The third kappa shape index (κ3) is 5.50. The first-order valence-electron chi connectivity index (χ1n) is 3.36. The van der Waals surface area contributed by atoms with Crippen LogP contribution in [0, 0.1) is 5.92 Å². The van der Waals surface area contributed by atoms with Crippen LogP contribution in [0.2, 0.25) is 0 Å². The molecular formula is C7H15NO. The molecule has 0 aliphatic rings. The molecule has 0 fully saturated rings. The zero-order valence-electron chi connectivity index (χ0n) is 6.18. The van der Waals surface area contributed by atoms with Crippen LogP contribution in [-0.2, 0) is 4.79 Å². The minimum atomic E-state index is 0.260.